The fourth-order valence-corrected chi connectivity index (χ4v) is 5.78. The quantitative estimate of drug-likeness (QED) is 0.508. The highest BCUT2D eigenvalue weighted by Crippen LogP contribution is 2.24. The summed E-state index contributed by atoms with van der Waals surface area (Å²) in [6, 6.07) is 16.5. The average Bonchev–Trinajstić information content (AvgIpc) is 2.97. The van der Waals surface area contributed by atoms with Gasteiger partial charge in [-0.15, -0.1) is 0 Å². The number of piperazine rings is 1. The number of fused-ring (bicyclic) bond motifs is 1. The number of pyridine rings is 1. The van der Waals surface area contributed by atoms with Crippen LogP contribution in [0, 0.1) is 11.3 Å². The molecule has 0 saturated carbocycles. The van der Waals surface area contributed by atoms with E-state index >= 15 is 0 Å². The molecule has 2 N–H and O–H groups in total. The Bertz CT molecular complexity index is 1610. The van der Waals surface area contributed by atoms with E-state index in [9.17, 15) is 18.0 Å². The maximum absolute atomic E-state index is 13.0. The summed E-state index contributed by atoms with van der Waals surface area (Å²) in [5.41, 5.74) is 1.72. The van der Waals surface area contributed by atoms with E-state index in [2.05, 4.69) is 21.1 Å². The molecule has 1 aliphatic carbocycles. The van der Waals surface area contributed by atoms with Gasteiger partial charge < -0.3 is 15.1 Å². The summed E-state index contributed by atoms with van der Waals surface area (Å²) < 4.78 is 28.6. The van der Waals surface area contributed by atoms with Gasteiger partial charge in [0.2, 0.25) is 0 Å². The molecule has 10 nitrogen and oxygen atoms in total. The molecule has 2 aromatic carbocycles. The van der Waals surface area contributed by atoms with Crippen LogP contribution in [-0.2, 0) is 10.0 Å². The number of nitriles is 1. The Morgan fingerprint density at radius 3 is 2.38 bits per heavy atom. The SMILES string of the molecule is N#CC1=CCC(NC(=O)N2CCN(C(=O)c3ccc(NS(=O)(=O)c4cccc5cccnc45)cc3)CC2)C=C1. The van der Waals surface area contributed by atoms with E-state index in [0.717, 1.165) is 5.39 Å². The lowest BCUT2D eigenvalue weighted by Crippen LogP contribution is -2.54. The highest BCUT2D eigenvalue weighted by molar-refractivity contribution is 7.93. The zero-order chi connectivity index (χ0) is 27.4. The Kier molecular flexibility index (Phi) is 7.29. The molecule has 0 spiro atoms. The van der Waals surface area contributed by atoms with Crippen LogP contribution in [0.3, 0.4) is 0 Å². The first kappa shape index (κ1) is 25.9. The van der Waals surface area contributed by atoms with Crippen molar-refractivity contribution in [3.63, 3.8) is 0 Å². The Labute approximate surface area is 226 Å². The van der Waals surface area contributed by atoms with Gasteiger partial charge in [0, 0.05) is 54.6 Å². The molecule has 3 aromatic rings. The van der Waals surface area contributed by atoms with Crippen LogP contribution < -0.4 is 10.0 Å². The molecular weight excluding hydrogens is 516 g/mol. The molecule has 1 aromatic heterocycles. The second-order valence-electron chi connectivity index (χ2n) is 9.22. The number of aromatic nitrogens is 1. The van der Waals surface area contributed by atoms with E-state index in [4.69, 9.17) is 5.26 Å². The summed E-state index contributed by atoms with van der Waals surface area (Å²) in [5.74, 6) is -0.188. The molecule has 0 bridgehead atoms. The minimum atomic E-state index is -3.90. The van der Waals surface area contributed by atoms with Crippen LogP contribution in [0.25, 0.3) is 10.9 Å². The lowest BCUT2D eigenvalue weighted by Gasteiger charge is -2.35. The molecule has 1 saturated heterocycles. The summed E-state index contributed by atoms with van der Waals surface area (Å²) >= 11 is 0. The molecular formula is C28H26N6O4S. The normalized spacial score (nSPS) is 17.3. The van der Waals surface area contributed by atoms with Gasteiger partial charge in [0.1, 0.15) is 4.90 Å². The van der Waals surface area contributed by atoms with E-state index in [1.165, 1.54) is 6.07 Å². The summed E-state index contributed by atoms with van der Waals surface area (Å²) in [7, 11) is -3.90. The number of carbonyl (C=O) groups is 2. The zero-order valence-corrected chi connectivity index (χ0v) is 21.8. The van der Waals surface area contributed by atoms with Crippen molar-refractivity contribution in [3.05, 3.63) is 90.2 Å². The topological polar surface area (TPSA) is 136 Å². The molecule has 1 fully saturated rings. The Morgan fingerprint density at radius 2 is 1.69 bits per heavy atom. The third-order valence-corrected chi connectivity index (χ3v) is 8.07. The molecule has 5 rings (SSSR count). The maximum Gasteiger partial charge on any atom is 0.317 e. The van der Waals surface area contributed by atoms with E-state index in [-0.39, 0.29) is 22.9 Å². The number of amides is 3. The van der Waals surface area contributed by atoms with Gasteiger partial charge in [-0.3, -0.25) is 14.5 Å². The van der Waals surface area contributed by atoms with Crippen LogP contribution in [0.2, 0.25) is 0 Å². The van der Waals surface area contributed by atoms with Crippen molar-refractivity contribution in [2.45, 2.75) is 17.4 Å². The minimum absolute atomic E-state index is 0.0746. The number of allylic oxidation sites excluding steroid dienone is 2. The van der Waals surface area contributed by atoms with Gasteiger partial charge in [-0.1, -0.05) is 30.4 Å². The largest absolute Gasteiger partial charge is 0.335 e. The fourth-order valence-electron chi connectivity index (χ4n) is 4.54. The molecule has 1 aliphatic heterocycles. The number of nitrogens with zero attached hydrogens (tertiary/aromatic N) is 4. The van der Waals surface area contributed by atoms with Gasteiger partial charge in [-0.2, -0.15) is 5.26 Å². The number of nitrogens with one attached hydrogen (secondary N) is 2. The summed E-state index contributed by atoms with van der Waals surface area (Å²) in [5, 5.41) is 12.6. The van der Waals surface area contributed by atoms with Crippen molar-refractivity contribution >= 4 is 38.6 Å². The lowest BCUT2D eigenvalue weighted by atomic mass is 10.0. The fraction of sp³-hybridized carbons (Fsp3) is 0.214. The number of sulfonamides is 1. The van der Waals surface area contributed by atoms with Crippen molar-refractivity contribution < 1.29 is 18.0 Å². The predicted octanol–water partition coefficient (Wildman–Crippen LogP) is 3.28. The first-order chi connectivity index (χ1) is 18.8. The van der Waals surface area contributed by atoms with Crippen LogP contribution in [0.4, 0.5) is 10.5 Å². The number of hydrogen-bond acceptors (Lipinski definition) is 6. The Hall–Kier alpha value is -4.69. The number of hydrogen-bond donors (Lipinski definition) is 2. The monoisotopic (exact) mass is 542 g/mol. The third-order valence-electron chi connectivity index (χ3n) is 6.66. The van der Waals surface area contributed by atoms with E-state index in [1.54, 1.807) is 82.8 Å². The number of anilines is 1. The summed E-state index contributed by atoms with van der Waals surface area (Å²) in [6.45, 7) is 1.55. The average molecular weight is 543 g/mol. The molecule has 1 atom stereocenters. The molecule has 39 heavy (non-hydrogen) atoms. The summed E-state index contributed by atoms with van der Waals surface area (Å²) in [4.78, 5) is 33.3. The predicted molar refractivity (Wildman–Crippen MR) is 146 cm³/mol. The van der Waals surface area contributed by atoms with Crippen LogP contribution >= 0.6 is 0 Å². The van der Waals surface area contributed by atoms with Gasteiger partial charge in [0.25, 0.3) is 15.9 Å². The van der Waals surface area contributed by atoms with Crippen LogP contribution in [0.1, 0.15) is 16.8 Å². The van der Waals surface area contributed by atoms with Crippen LogP contribution in [0.5, 0.6) is 0 Å². The highest BCUT2D eigenvalue weighted by Gasteiger charge is 2.26. The second kappa shape index (κ2) is 11.0. The van der Waals surface area contributed by atoms with E-state index in [0.29, 0.717) is 54.9 Å². The first-order valence-electron chi connectivity index (χ1n) is 12.4. The molecule has 2 aliphatic rings. The number of carbonyl (C=O) groups excluding carboxylic acids is 2. The van der Waals surface area contributed by atoms with Crippen LogP contribution in [0.15, 0.2) is 89.5 Å². The second-order valence-corrected chi connectivity index (χ2v) is 10.9. The molecule has 11 heteroatoms. The maximum atomic E-state index is 13.0. The van der Waals surface area contributed by atoms with Gasteiger partial charge in [0.15, 0.2) is 0 Å². The molecule has 2 heterocycles. The van der Waals surface area contributed by atoms with E-state index in [1.807, 2.05) is 0 Å². The minimum Gasteiger partial charge on any atom is -0.335 e. The number of para-hydroxylation sites is 1. The van der Waals surface area contributed by atoms with Crippen molar-refractivity contribution in [1.82, 2.24) is 20.1 Å². The van der Waals surface area contributed by atoms with Gasteiger partial charge in [-0.05, 0) is 48.9 Å². The number of urea groups is 1. The highest BCUT2D eigenvalue weighted by atomic mass is 32.2. The third kappa shape index (κ3) is 5.76. The Morgan fingerprint density at radius 1 is 0.974 bits per heavy atom. The van der Waals surface area contributed by atoms with Crippen molar-refractivity contribution in [2.75, 3.05) is 30.9 Å². The zero-order valence-electron chi connectivity index (χ0n) is 20.9. The van der Waals surface area contributed by atoms with Gasteiger partial charge in [0.05, 0.1) is 17.6 Å². The number of benzene rings is 2. The van der Waals surface area contributed by atoms with Crippen molar-refractivity contribution in [1.29, 1.82) is 5.26 Å². The first-order valence-corrected chi connectivity index (χ1v) is 13.9. The molecule has 3 amide bonds. The van der Waals surface area contributed by atoms with E-state index < -0.39 is 10.0 Å². The van der Waals surface area contributed by atoms with Gasteiger partial charge in [-0.25, -0.2) is 13.2 Å². The summed E-state index contributed by atoms with van der Waals surface area (Å²) in [6.07, 6.45) is 7.40. The molecule has 1 unspecified atom stereocenters. The standard InChI is InChI=1S/C28H26N6O4S/c29-19-20-6-10-23(11-7-20)31-28(36)34-17-15-33(16-18-34)27(35)22-8-12-24(13-9-22)32-39(37,38)25-5-1-3-21-4-2-14-30-26(21)25/h1-10,12-14,23,32H,11,15-18H2,(H,31,36). The van der Waals surface area contributed by atoms with Crippen molar-refractivity contribution in [3.8, 4) is 6.07 Å². The number of rotatable bonds is 5. The van der Waals surface area contributed by atoms with Crippen LogP contribution in [-0.4, -0.2) is 67.4 Å². The smallest absolute Gasteiger partial charge is 0.317 e. The Balaban J connectivity index is 1.16. The molecule has 198 valence electrons. The molecule has 0 radical (unpaired) electrons. The van der Waals surface area contributed by atoms with Crippen molar-refractivity contribution in [2.24, 2.45) is 0 Å². The lowest BCUT2D eigenvalue weighted by molar-refractivity contribution is 0.0664. The van der Waals surface area contributed by atoms with Gasteiger partial charge >= 0.3 is 6.03 Å².